The van der Waals surface area contributed by atoms with Crippen molar-refractivity contribution in [3.63, 3.8) is 0 Å². The average Bonchev–Trinajstić information content (AvgIpc) is 3.31. The van der Waals surface area contributed by atoms with Gasteiger partial charge in [0.2, 0.25) is 5.91 Å². The number of carbonyl (C=O) groups excluding carboxylic acids is 1. The number of benzene rings is 2. The van der Waals surface area contributed by atoms with Gasteiger partial charge >= 0.3 is 0 Å². The summed E-state index contributed by atoms with van der Waals surface area (Å²) in [7, 11) is 0. The Morgan fingerprint density at radius 1 is 1.03 bits per heavy atom. The molecule has 1 aromatic heterocycles. The van der Waals surface area contributed by atoms with E-state index < -0.39 is 17.6 Å². The minimum atomic E-state index is -2.66. The lowest BCUT2D eigenvalue weighted by Crippen LogP contribution is -2.24. The summed E-state index contributed by atoms with van der Waals surface area (Å²) in [5.41, 5.74) is 1.99. The minimum absolute atomic E-state index is 0.104. The number of anilines is 2. The van der Waals surface area contributed by atoms with Crippen molar-refractivity contribution in [1.29, 1.82) is 0 Å². The molecule has 5 nitrogen and oxygen atoms in total. The molecular formula is C22H20F4N4O. The van der Waals surface area contributed by atoms with Crippen molar-refractivity contribution >= 4 is 17.4 Å². The fraction of sp³-hybridized carbons (Fsp3) is 0.273. The first kappa shape index (κ1) is 20.9. The van der Waals surface area contributed by atoms with E-state index in [1.165, 1.54) is 10.7 Å². The lowest BCUT2D eigenvalue weighted by atomic mass is 10.1. The van der Waals surface area contributed by atoms with Crippen molar-refractivity contribution in [3.05, 3.63) is 77.5 Å². The van der Waals surface area contributed by atoms with Gasteiger partial charge in [-0.3, -0.25) is 9.48 Å². The van der Waals surface area contributed by atoms with Crippen molar-refractivity contribution in [2.24, 2.45) is 0 Å². The molecule has 31 heavy (non-hydrogen) atoms. The third-order valence-corrected chi connectivity index (χ3v) is 5.07. The van der Waals surface area contributed by atoms with Crippen LogP contribution in [0.4, 0.5) is 29.1 Å². The third-order valence-electron chi connectivity index (χ3n) is 5.07. The molecule has 0 aliphatic carbocycles. The molecule has 0 radical (unpaired) electrons. The number of carbonyl (C=O) groups is 1. The maximum atomic E-state index is 13.4. The molecule has 1 aliphatic rings. The Hall–Kier alpha value is -3.36. The van der Waals surface area contributed by atoms with Crippen LogP contribution in [0, 0.1) is 11.6 Å². The second-order valence-corrected chi connectivity index (χ2v) is 7.57. The van der Waals surface area contributed by atoms with Crippen molar-refractivity contribution < 1.29 is 22.4 Å². The van der Waals surface area contributed by atoms with E-state index in [1.54, 1.807) is 41.4 Å². The highest BCUT2D eigenvalue weighted by atomic mass is 19.3. The highest BCUT2D eigenvalue weighted by molar-refractivity contribution is 5.91. The Morgan fingerprint density at radius 2 is 1.77 bits per heavy atom. The number of amides is 1. The van der Waals surface area contributed by atoms with Crippen LogP contribution in [0.15, 0.2) is 54.7 Å². The van der Waals surface area contributed by atoms with Gasteiger partial charge in [0.1, 0.15) is 0 Å². The molecule has 9 heteroatoms. The van der Waals surface area contributed by atoms with Gasteiger partial charge in [0.25, 0.3) is 5.92 Å². The number of rotatable bonds is 6. The third kappa shape index (κ3) is 5.22. The highest BCUT2D eigenvalue weighted by Gasteiger charge is 2.38. The maximum absolute atomic E-state index is 13.4. The molecule has 0 bridgehead atoms. The summed E-state index contributed by atoms with van der Waals surface area (Å²) >= 11 is 0. The second-order valence-electron chi connectivity index (χ2n) is 7.57. The first-order chi connectivity index (χ1) is 14.8. The number of hydrogen-bond acceptors (Lipinski definition) is 3. The van der Waals surface area contributed by atoms with Crippen LogP contribution in [0.25, 0.3) is 0 Å². The Morgan fingerprint density at radius 3 is 2.45 bits per heavy atom. The molecule has 0 atom stereocenters. The summed E-state index contributed by atoms with van der Waals surface area (Å²) in [5.74, 6) is -4.44. The van der Waals surface area contributed by atoms with E-state index in [1.807, 2.05) is 0 Å². The average molecular weight is 432 g/mol. The predicted molar refractivity (Wildman–Crippen MR) is 108 cm³/mol. The summed E-state index contributed by atoms with van der Waals surface area (Å²) in [6.45, 7) is 0.240. The molecule has 1 amide bonds. The number of hydrogen-bond donors (Lipinski definition) is 1. The normalized spacial score (nSPS) is 15.3. The molecule has 162 valence electrons. The quantitative estimate of drug-likeness (QED) is 0.593. The Kier molecular flexibility index (Phi) is 5.67. The fourth-order valence-corrected chi connectivity index (χ4v) is 3.49. The molecule has 3 aromatic rings. The molecule has 0 saturated carbocycles. The van der Waals surface area contributed by atoms with Crippen LogP contribution in [-0.2, 0) is 17.8 Å². The lowest BCUT2D eigenvalue weighted by molar-refractivity contribution is -0.115. The highest BCUT2D eigenvalue weighted by Crippen LogP contribution is 2.30. The molecule has 1 saturated heterocycles. The van der Waals surface area contributed by atoms with Gasteiger partial charge in [-0.25, -0.2) is 17.6 Å². The van der Waals surface area contributed by atoms with Crippen molar-refractivity contribution in [3.8, 4) is 0 Å². The first-order valence-corrected chi connectivity index (χ1v) is 9.76. The topological polar surface area (TPSA) is 50.2 Å². The van der Waals surface area contributed by atoms with Crippen molar-refractivity contribution in [2.45, 2.75) is 25.3 Å². The molecule has 2 heterocycles. The van der Waals surface area contributed by atoms with Crippen LogP contribution in [-0.4, -0.2) is 34.7 Å². The summed E-state index contributed by atoms with van der Waals surface area (Å²) in [5, 5.41) is 6.89. The van der Waals surface area contributed by atoms with Gasteiger partial charge in [0.15, 0.2) is 17.5 Å². The predicted octanol–water partition coefficient (Wildman–Crippen LogP) is 4.24. The van der Waals surface area contributed by atoms with Crippen molar-refractivity contribution in [1.82, 2.24) is 9.78 Å². The molecular weight excluding hydrogens is 412 g/mol. The van der Waals surface area contributed by atoms with Gasteiger partial charge in [-0.05, 0) is 35.4 Å². The zero-order valence-corrected chi connectivity index (χ0v) is 16.5. The van der Waals surface area contributed by atoms with Crippen LogP contribution < -0.4 is 10.2 Å². The van der Waals surface area contributed by atoms with Gasteiger partial charge < -0.3 is 10.2 Å². The molecule has 0 unspecified atom stereocenters. The molecule has 0 spiro atoms. The molecule has 1 fully saturated rings. The largest absolute Gasteiger partial charge is 0.365 e. The van der Waals surface area contributed by atoms with E-state index in [0.29, 0.717) is 23.6 Å². The molecule has 2 aromatic carbocycles. The number of aromatic nitrogens is 2. The van der Waals surface area contributed by atoms with Gasteiger partial charge in [-0.2, -0.15) is 5.10 Å². The fourth-order valence-electron chi connectivity index (χ4n) is 3.49. The van der Waals surface area contributed by atoms with Crippen LogP contribution in [0.3, 0.4) is 0 Å². The minimum Gasteiger partial charge on any atom is -0.365 e. The standard InChI is InChI=1S/C22H20F4N4O/c23-18-6-3-16(11-19(18)24)13-30-9-7-20(28-30)27-21(31)12-15-1-4-17(5-2-15)29-10-8-22(25,26)14-29/h1-7,9,11H,8,10,12-14H2,(H,27,28,31). The van der Waals surface area contributed by atoms with E-state index in [0.717, 1.165) is 17.7 Å². The Bertz CT molecular complexity index is 1080. The van der Waals surface area contributed by atoms with E-state index in [-0.39, 0.29) is 31.8 Å². The van der Waals surface area contributed by atoms with E-state index in [4.69, 9.17) is 0 Å². The lowest BCUT2D eigenvalue weighted by Gasteiger charge is -2.18. The number of halogens is 4. The van der Waals surface area contributed by atoms with Crippen LogP contribution in [0.5, 0.6) is 0 Å². The van der Waals surface area contributed by atoms with Gasteiger partial charge in [-0.1, -0.05) is 18.2 Å². The van der Waals surface area contributed by atoms with Gasteiger partial charge in [0, 0.05) is 30.9 Å². The van der Waals surface area contributed by atoms with E-state index in [2.05, 4.69) is 10.4 Å². The van der Waals surface area contributed by atoms with Gasteiger partial charge in [0.05, 0.1) is 19.5 Å². The summed E-state index contributed by atoms with van der Waals surface area (Å²) in [6, 6.07) is 12.2. The first-order valence-electron chi connectivity index (χ1n) is 9.76. The second kappa shape index (κ2) is 8.41. The number of nitrogens with one attached hydrogen (secondary N) is 1. The Labute approximate surface area is 176 Å². The smallest absolute Gasteiger partial charge is 0.266 e. The Balaban J connectivity index is 1.31. The van der Waals surface area contributed by atoms with Crippen LogP contribution in [0.2, 0.25) is 0 Å². The van der Waals surface area contributed by atoms with E-state index in [9.17, 15) is 22.4 Å². The zero-order valence-electron chi connectivity index (χ0n) is 16.5. The molecule has 1 N–H and O–H groups in total. The maximum Gasteiger partial charge on any atom is 0.266 e. The van der Waals surface area contributed by atoms with E-state index >= 15 is 0 Å². The summed E-state index contributed by atoms with van der Waals surface area (Å²) in [6.07, 6.45) is 1.57. The summed E-state index contributed by atoms with van der Waals surface area (Å²) in [4.78, 5) is 13.9. The summed E-state index contributed by atoms with van der Waals surface area (Å²) < 4.78 is 54.6. The van der Waals surface area contributed by atoms with Crippen LogP contribution >= 0.6 is 0 Å². The molecule has 1 aliphatic heterocycles. The van der Waals surface area contributed by atoms with Gasteiger partial charge in [-0.15, -0.1) is 0 Å². The van der Waals surface area contributed by atoms with Crippen LogP contribution in [0.1, 0.15) is 17.5 Å². The number of nitrogens with zero attached hydrogens (tertiary/aromatic N) is 3. The van der Waals surface area contributed by atoms with Crippen molar-refractivity contribution in [2.75, 3.05) is 23.3 Å². The number of alkyl halides is 2. The SMILES string of the molecule is O=C(Cc1ccc(N2CCC(F)(F)C2)cc1)Nc1ccn(Cc2ccc(F)c(F)c2)n1. The molecule has 4 rings (SSSR count). The monoisotopic (exact) mass is 432 g/mol. The zero-order chi connectivity index (χ0) is 22.0.